The van der Waals surface area contributed by atoms with Gasteiger partial charge in [-0.05, 0) is 82.8 Å². The highest BCUT2D eigenvalue weighted by atomic mass is 15.4. The van der Waals surface area contributed by atoms with Crippen molar-refractivity contribution in [2.45, 2.75) is 82.3 Å². The topological polar surface area (TPSA) is 9.72 Å². The molecule has 0 aromatic heterocycles. The maximum atomic E-state index is 3.00. The van der Waals surface area contributed by atoms with Crippen molar-refractivity contribution in [2.75, 3.05) is 32.8 Å². The molecule has 1 saturated carbocycles. The molecule has 5 aliphatic heterocycles. The van der Waals surface area contributed by atoms with Crippen molar-refractivity contribution in [3.05, 3.63) is 0 Å². The molecule has 6 aliphatic rings. The van der Waals surface area contributed by atoms with E-state index in [0.29, 0.717) is 5.41 Å². The largest absolute Gasteiger partial charge is 0.299 e. The molecular weight excluding hydrogens is 294 g/mol. The molecule has 6 fully saturated rings. The first-order valence-corrected chi connectivity index (χ1v) is 11.1. The van der Waals surface area contributed by atoms with Gasteiger partial charge in [-0.2, -0.15) is 0 Å². The second-order valence-corrected chi connectivity index (χ2v) is 10.1. The summed E-state index contributed by atoms with van der Waals surface area (Å²) in [5, 5.41) is 0. The fourth-order valence-electron chi connectivity index (χ4n) is 8.53. The van der Waals surface area contributed by atoms with Gasteiger partial charge < -0.3 is 0 Å². The Kier molecular flexibility index (Phi) is 3.40. The Morgan fingerprint density at radius 1 is 0.708 bits per heavy atom. The number of rotatable bonds is 0. The molecule has 3 heteroatoms. The highest BCUT2D eigenvalue weighted by molar-refractivity contribution is 5.16. The van der Waals surface area contributed by atoms with Crippen LogP contribution in [-0.4, -0.2) is 65.7 Å². The van der Waals surface area contributed by atoms with E-state index in [-0.39, 0.29) is 0 Å². The number of piperidine rings is 4. The number of nitrogens with zero attached hydrogens (tertiary/aromatic N) is 3. The number of hydrogen-bond donors (Lipinski definition) is 0. The van der Waals surface area contributed by atoms with Crippen molar-refractivity contribution >= 4 is 0 Å². The summed E-state index contributed by atoms with van der Waals surface area (Å²) in [7, 11) is 0. The molecule has 0 radical (unpaired) electrons. The van der Waals surface area contributed by atoms with Crippen molar-refractivity contribution in [1.82, 2.24) is 14.7 Å². The Bertz CT molecular complexity index is 507. The van der Waals surface area contributed by atoms with Gasteiger partial charge in [0.1, 0.15) is 0 Å². The molecule has 6 atom stereocenters. The Labute approximate surface area is 147 Å². The van der Waals surface area contributed by atoms with E-state index >= 15 is 0 Å². The summed E-state index contributed by atoms with van der Waals surface area (Å²) in [5.41, 5.74) is 0.626. The van der Waals surface area contributed by atoms with Crippen molar-refractivity contribution in [1.29, 1.82) is 0 Å². The predicted molar refractivity (Wildman–Crippen MR) is 96.8 cm³/mol. The van der Waals surface area contributed by atoms with E-state index in [9.17, 15) is 0 Å². The van der Waals surface area contributed by atoms with Crippen LogP contribution < -0.4 is 0 Å². The van der Waals surface area contributed by atoms with Crippen LogP contribution in [-0.2, 0) is 0 Å². The molecule has 134 valence electrons. The summed E-state index contributed by atoms with van der Waals surface area (Å²) in [5.74, 6) is 2.06. The van der Waals surface area contributed by atoms with E-state index in [2.05, 4.69) is 14.7 Å². The lowest BCUT2D eigenvalue weighted by atomic mass is 9.51. The molecule has 3 nitrogen and oxygen atoms in total. The van der Waals surface area contributed by atoms with E-state index in [1.54, 1.807) is 19.3 Å². The SMILES string of the molecule is C1CCN2C[C@]34C[C@H](C[C@@H]5CCCN(CN6CCCC[C@@H]63)[C@@H]54)[C@H]2C1. The summed E-state index contributed by atoms with van der Waals surface area (Å²) >= 11 is 0. The fourth-order valence-corrected chi connectivity index (χ4v) is 8.53. The van der Waals surface area contributed by atoms with Gasteiger partial charge in [0.05, 0.1) is 6.67 Å². The quantitative estimate of drug-likeness (QED) is 0.676. The standard InChI is InChI=1S/C21H35N3/c1-3-9-22-14-21-13-17(18(22)7-1)12-16-6-5-11-24(20(16)21)15-23-10-4-2-8-19(21)23/h16-20H,1-15H2/t16-,17-,18+,19+,20-,21+/m0/s1. The lowest BCUT2D eigenvalue weighted by molar-refractivity contribution is -0.215. The third kappa shape index (κ3) is 1.95. The van der Waals surface area contributed by atoms with Crippen LogP contribution in [0.25, 0.3) is 0 Å². The van der Waals surface area contributed by atoms with Crippen molar-refractivity contribution in [3.8, 4) is 0 Å². The van der Waals surface area contributed by atoms with E-state index in [4.69, 9.17) is 0 Å². The average Bonchev–Trinajstić information content (AvgIpc) is 2.62. The Morgan fingerprint density at radius 2 is 1.54 bits per heavy atom. The molecule has 0 aromatic carbocycles. The van der Waals surface area contributed by atoms with Crippen LogP contribution in [0.4, 0.5) is 0 Å². The maximum Gasteiger partial charge on any atom is 0.0512 e. The third-order valence-electron chi connectivity index (χ3n) is 9.04. The first-order valence-electron chi connectivity index (χ1n) is 11.1. The van der Waals surface area contributed by atoms with Gasteiger partial charge in [0.15, 0.2) is 0 Å². The van der Waals surface area contributed by atoms with Crippen molar-refractivity contribution in [2.24, 2.45) is 17.3 Å². The molecule has 1 aliphatic carbocycles. The molecule has 0 unspecified atom stereocenters. The van der Waals surface area contributed by atoms with Crippen LogP contribution in [0.1, 0.15) is 64.2 Å². The third-order valence-corrected chi connectivity index (χ3v) is 9.04. The minimum Gasteiger partial charge on any atom is -0.299 e. The molecule has 24 heavy (non-hydrogen) atoms. The predicted octanol–water partition coefficient (Wildman–Crippen LogP) is 3.16. The first-order chi connectivity index (χ1) is 11.9. The van der Waals surface area contributed by atoms with Gasteiger partial charge >= 0.3 is 0 Å². The Hall–Kier alpha value is -0.120. The lowest BCUT2D eigenvalue weighted by Crippen LogP contribution is -2.77. The van der Waals surface area contributed by atoms with Gasteiger partial charge in [0.2, 0.25) is 0 Å². The second-order valence-electron chi connectivity index (χ2n) is 10.1. The normalized spacial score (nSPS) is 52.2. The second kappa shape index (κ2) is 5.44. The first kappa shape index (κ1) is 15.0. The van der Waals surface area contributed by atoms with Crippen molar-refractivity contribution in [3.63, 3.8) is 0 Å². The number of hydrogen-bond acceptors (Lipinski definition) is 3. The van der Waals surface area contributed by atoms with E-state index in [0.717, 1.165) is 30.0 Å². The van der Waals surface area contributed by atoms with Gasteiger partial charge in [0, 0.05) is 30.1 Å². The summed E-state index contributed by atoms with van der Waals surface area (Å²) < 4.78 is 0. The van der Waals surface area contributed by atoms with Crippen LogP contribution in [0.2, 0.25) is 0 Å². The summed E-state index contributed by atoms with van der Waals surface area (Å²) in [4.78, 5) is 8.91. The van der Waals surface area contributed by atoms with Crippen LogP contribution in [0.5, 0.6) is 0 Å². The summed E-state index contributed by atoms with van der Waals surface area (Å²) in [6.45, 7) is 6.94. The molecule has 6 rings (SSSR count). The molecule has 5 saturated heterocycles. The molecule has 1 spiro atoms. The average molecular weight is 330 g/mol. The van der Waals surface area contributed by atoms with Crippen LogP contribution in [0.15, 0.2) is 0 Å². The van der Waals surface area contributed by atoms with E-state index in [1.807, 2.05) is 0 Å². The lowest BCUT2D eigenvalue weighted by Gasteiger charge is -2.70. The van der Waals surface area contributed by atoms with Gasteiger partial charge in [-0.15, -0.1) is 0 Å². The monoisotopic (exact) mass is 329 g/mol. The van der Waals surface area contributed by atoms with Gasteiger partial charge in [-0.1, -0.05) is 12.8 Å². The summed E-state index contributed by atoms with van der Waals surface area (Å²) in [6.07, 6.45) is 15.1. The minimum absolute atomic E-state index is 0.626. The minimum atomic E-state index is 0.626. The molecule has 2 bridgehead atoms. The molecular formula is C21H35N3. The Balaban J connectivity index is 1.43. The molecule has 5 heterocycles. The zero-order chi connectivity index (χ0) is 15.7. The van der Waals surface area contributed by atoms with Crippen LogP contribution in [0.3, 0.4) is 0 Å². The van der Waals surface area contributed by atoms with E-state index in [1.165, 1.54) is 77.8 Å². The summed E-state index contributed by atoms with van der Waals surface area (Å²) in [6, 6.07) is 2.81. The maximum absolute atomic E-state index is 3.00. The van der Waals surface area contributed by atoms with E-state index < -0.39 is 0 Å². The fraction of sp³-hybridized carbons (Fsp3) is 1.00. The molecule has 0 amide bonds. The van der Waals surface area contributed by atoms with Gasteiger partial charge in [-0.3, -0.25) is 14.7 Å². The zero-order valence-corrected chi connectivity index (χ0v) is 15.3. The van der Waals surface area contributed by atoms with Gasteiger partial charge in [-0.25, -0.2) is 0 Å². The smallest absolute Gasteiger partial charge is 0.0512 e. The molecule has 0 aromatic rings. The highest BCUT2D eigenvalue weighted by Gasteiger charge is 2.63. The highest BCUT2D eigenvalue weighted by Crippen LogP contribution is 2.59. The van der Waals surface area contributed by atoms with Crippen LogP contribution >= 0.6 is 0 Å². The van der Waals surface area contributed by atoms with Crippen LogP contribution in [0, 0.1) is 17.3 Å². The van der Waals surface area contributed by atoms with Gasteiger partial charge in [0.25, 0.3) is 0 Å². The molecule has 0 N–H and O–H groups in total. The zero-order valence-electron chi connectivity index (χ0n) is 15.3. The van der Waals surface area contributed by atoms with Crippen molar-refractivity contribution < 1.29 is 0 Å². The number of fused-ring (bicyclic) bond motifs is 4. The Morgan fingerprint density at radius 3 is 2.50 bits per heavy atom.